The Morgan fingerprint density at radius 1 is 1.21 bits per heavy atom. The van der Waals surface area contributed by atoms with Crippen LogP contribution in [0.3, 0.4) is 0 Å². The highest BCUT2D eigenvalue weighted by Crippen LogP contribution is 2.82. The number of cyclic esters (lactones) is 1. The molecule has 3 saturated carbocycles. The van der Waals surface area contributed by atoms with Crippen molar-refractivity contribution in [3.05, 3.63) is 35.3 Å². The highest BCUT2D eigenvalue weighted by atomic mass is 16.5. The summed E-state index contributed by atoms with van der Waals surface area (Å²) in [5, 5.41) is 12.5. The lowest BCUT2D eigenvalue weighted by atomic mass is 9.38. The second kappa shape index (κ2) is 7.81. The molecule has 38 heavy (non-hydrogen) atoms. The molecule has 2 heterocycles. The molecule has 5 aliphatic rings. The number of ketones is 1. The van der Waals surface area contributed by atoms with Gasteiger partial charge in [-0.3, -0.25) is 14.4 Å². The van der Waals surface area contributed by atoms with Crippen molar-refractivity contribution >= 4 is 17.7 Å². The molecule has 0 amide bonds. The van der Waals surface area contributed by atoms with Crippen LogP contribution in [-0.2, 0) is 28.6 Å². The van der Waals surface area contributed by atoms with Crippen molar-refractivity contribution in [2.24, 2.45) is 33.5 Å². The predicted molar refractivity (Wildman–Crippen MR) is 134 cm³/mol. The van der Waals surface area contributed by atoms with Crippen LogP contribution in [0.5, 0.6) is 0 Å². The zero-order valence-electron chi connectivity index (χ0n) is 23.1. The highest BCUT2D eigenvalue weighted by Gasteiger charge is 2.86. The molecule has 2 bridgehead atoms. The van der Waals surface area contributed by atoms with Crippen molar-refractivity contribution in [3.8, 4) is 0 Å². The second-order valence-electron chi connectivity index (χ2n) is 13.0. The Morgan fingerprint density at radius 2 is 1.95 bits per heavy atom. The summed E-state index contributed by atoms with van der Waals surface area (Å²) in [4.78, 5) is 40.2. The molecule has 9 atom stereocenters. The third kappa shape index (κ3) is 2.66. The van der Waals surface area contributed by atoms with Gasteiger partial charge in [0.15, 0.2) is 11.4 Å². The molecular weight excluding hydrogens is 488 g/mol. The van der Waals surface area contributed by atoms with E-state index < -0.39 is 39.5 Å². The van der Waals surface area contributed by atoms with Gasteiger partial charge in [0.2, 0.25) is 0 Å². The lowest BCUT2D eigenvalue weighted by Crippen LogP contribution is -2.73. The van der Waals surface area contributed by atoms with Crippen LogP contribution in [0.4, 0.5) is 0 Å². The molecule has 0 aromatic carbocycles. The number of carbonyl (C=O) groups is 3. The molecule has 0 spiro atoms. The SMILES string of the molecule is CCO[C@@H]1C2=C3CC(=O)O[C@@H](c4ccoc4)[C@]3(C)CC[C@@H]2[C@@]2(C)[C@H]3C[C@@](C)(C(=O)[C@]13O)[C@]2(C)CC(=O)OC. The van der Waals surface area contributed by atoms with E-state index in [1.807, 2.05) is 26.8 Å². The fourth-order valence-corrected chi connectivity index (χ4v) is 9.83. The standard InChI is InChI=1S/C30H38O8/c1-7-37-24-22-17(8-10-26(2)18(22)12-20(31)38-23(26)16-9-11-36-15-16)29(5)19-13-27(3,25(33)30(19,24)34)28(29,4)14-21(32)35-6/h9,11,15,17,19,23-24,34H,7-8,10,12-14H2,1-6H3/t17-,19+,23-,24+,26+,27-,28-,29-,30+/m0/s1. The summed E-state index contributed by atoms with van der Waals surface area (Å²) in [7, 11) is 1.37. The molecule has 1 aliphatic heterocycles. The average molecular weight is 527 g/mol. The fourth-order valence-electron chi connectivity index (χ4n) is 9.83. The van der Waals surface area contributed by atoms with Crippen LogP contribution in [0.2, 0.25) is 0 Å². The van der Waals surface area contributed by atoms with E-state index in [1.165, 1.54) is 7.11 Å². The fraction of sp³-hybridized carbons (Fsp3) is 0.700. The zero-order chi connectivity index (χ0) is 27.5. The molecule has 1 N–H and O–H groups in total. The number of aliphatic hydroxyl groups is 1. The van der Waals surface area contributed by atoms with E-state index in [0.29, 0.717) is 13.0 Å². The van der Waals surface area contributed by atoms with Gasteiger partial charge in [0, 0.05) is 28.9 Å². The minimum atomic E-state index is -1.74. The molecule has 6 rings (SSSR count). The van der Waals surface area contributed by atoms with Crippen molar-refractivity contribution in [1.82, 2.24) is 0 Å². The first-order chi connectivity index (χ1) is 17.8. The normalized spacial score (nSPS) is 47.0. The van der Waals surface area contributed by atoms with Gasteiger partial charge in [0.25, 0.3) is 0 Å². The van der Waals surface area contributed by atoms with Gasteiger partial charge >= 0.3 is 11.9 Å². The van der Waals surface area contributed by atoms with Crippen LogP contribution in [0, 0.1) is 33.5 Å². The number of hydrogen-bond donors (Lipinski definition) is 1. The first-order valence-corrected chi connectivity index (χ1v) is 13.7. The summed E-state index contributed by atoms with van der Waals surface area (Å²) in [6, 6.07) is 1.82. The minimum absolute atomic E-state index is 0.0760. The number of carbonyl (C=O) groups excluding carboxylic acids is 3. The Kier molecular flexibility index (Phi) is 5.31. The molecule has 8 heteroatoms. The predicted octanol–water partition coefficient (Wildman–Crippen LogP) is 4.31. The van der Waals surface area contributed by atoms with E-state index in [2.05, 4.69) is 13.8 Å². The average Bonchev–Trinajstić information content (AvgIpc) is 3.53. The van der Waals surface area contributed by atoms with E-state index in [0.717, 1.165) is 29.6 Å². The number of hydrogen-bond acceptors (Lipinski definition) is 8. The lowest BCUT2D eigenvalue weighted by Gasteiger charge is -2.67. The van der Waals surface area contributed by atoms with Gasteiger partial charge in [-0.25, -0.2) is 0 Å². The third-order valence-corrected chi connectivity index (χ3v) is 12.0. The van der Waals surface area contributed by atoms with Crippen molar-refractivity contribution in [3.63, 3.8) is 0 Å². The van der Waals surface area contributed by atoms with Gasteiger partial charge in [0.1, 0.15) is 12.2 Å². The van der Waals surface area contributed by atoms with Crippen molar-refractivity contribution in [2.75, 3.05) is 13.7 Å². The van der Waals surface area contributed by atoms with Gasteiger partial charge < -0.3 is 23.7 Å². The quantitative estimate of drug-likeness (QED) is 0.446. The Balaban J connectivity index is 1.62. The van der Waals surface area contributed by atoms with Crippen LogP contribution in [0.25, 0.3) is 0 Å². The van der Waals surface area contributed by atoms with Gasteiger partial charge in [-0.1, -0.05) is 27.7 Å². The van der Waals surface area contributed by atoms with E-state index >= 15 is 0 Å². The number of ether oxygens (including phenoxy) is 3. The van der Waals surface area contributed by atoms with E-state index in [-0.39, 0.29) is 42.4 Å². The van der Waals surface area contributed by atoms with Gasteiger partial charge in [-0.2, -0.15) is 0 Å². The lowest BCUT2D eigenvalue weighted by molar-refractivity contribution is -0.227. The molecule has 0 radical (unpaired) electrons. The van der Waals surface area contributed by atoms with E-state index in [4.69, 9.17) is 18.6 Å². The van der Waals surface area contributed by atoms with Crippen molar-refractivity contribution < 1.29 is 38.1 Å². The Labute approximate surface area is 223 Å². The highest BCUT2D eigenvalue weighted by molar-refractivity contribution is 6.00. The molecule has 1 saturated heterocycles. The number of fused-ring (bicyclic) bond motifs is 4. The number of esters is 2. The van der Waals surface area contributed by atoms with Crippen LogP contribution in [0.1, 0.15) is 78.4 Å². The smallest absolute Gasteiger partial charge is 0.310 e. The van der Waals surface area contributed by atoms with Crippen LogP contribution < -0.4 is 0 Å². The number of rotatable bonds is 5. The summed E-state index contributed by atoms with van der Waals surface area (Å²) in [5.74, 6) is -1.42. The topological polar surface area (TPSA) is 112 Å². The van der Waals surface area contributed by atoms with Crippen LogP contribution >= 0.6 is 0 Å². The van der Waals surface area contributed by atoms with Crippen LogP contribution in [0.15, 0.2) is 34.2 Å². The molecule has 1 aromatic rings. The maximum atomic E-state index is 14.4. The maximum Gasteiger partial charge on any atom is 0.310 e. The summed E-state index contributed by atoms with van der Waals surface area (Å²) in [6.45, 7) is 10.4. The van der Waals surface area contributed by atoms with E-state index in [1.54, 1.807) is 12.5 Å². The monoisotopic (exact) mass is 526 g/mol. The number of Topliss-reactive ketones (excluding diaryl/α,β-unsaturated/α-hetero) is 1. The second-order valence-corrected chi connectivity index (χ2v) is 13.0. The Morgan fingerprint density at radius 3 is 2.58 bits per heavy atom. The van der Waals surface area contributed by atoms with Crippen molar-refractivity contribution in [1.29, 1.82) is 0 Å². The summed E-state index contributed by atoms with van der Waals surface area (Å²) < 4.78 is 22.7. The molecule has 0 unspecified atom stereocenters. The first-order valence-electron chi connectivity index (χ1n) is 13.7. The van der Waals surface area contributed by atoms with E-state index in [9.17, 15) is 19.5 Å². The maximum absolute atomic E-state index is 14.4. The Bertz CT molecular complexity index is 1250. The minimum Gasteiger partial charge on any atom is -0.472 e. The molecular formula is C30H38O8. The number of furan rings is 1. The molecule has 4 fully saturated rings. The summed E-state index contributed by atoms with van der Waals surface area (Å²) in [6.07, 6.45) is 3.96. The molecule has 4 aliphatic carbocycles. The van der Waals surface area contributed by atoms with Gasteiger partial charge in [-0.05, 0) is 60.1 Å². The van der Waals surface area contributed by atoms with Gasteiger partial charge in [-0.15, -0.1) is 0 Å². The summed E-state index contributed by atoms with van der Waals surface area (Å²) in [5.41, 5.74) is -1.99. The van der Waals surface area contributed by atoms with Crippen LogP contribution in [-0.4, -0.2) is 48.3 Å². The number of methoxy groups -OCH3 is 1. The van der Waals surface area contributed by atoms with Gasteiger partial charge in [0.05, 0.1) is 32.5 Å². The Hall–Kier alpha value is -2.45. The third-order valence-electron chi connectivity index (χ3n) is 12.0. The molecule has 8 nitrogen and oxygen atoms in total. The zero-order valence-corrected chi connectivity index (χ0v) is 23.1. The summed E-state index contributed by atoms with van der Waals surface area (Å²) >= 11 is 0. The largest absolute Gasteiger partial charge is 0.472 e. The molecule has 1 aromatic heterocycles. The van der Waals surface area contributed by atoms with Crippen molar-refractivity contribution in [2.45, 2.75) is 84.5 Å². The first kappa shape index (κ1) is 25.8. The molecule has 206 valence electrons.